The van der Waals surface area contributed by atoms with Crippen LogP contribution in [0.2, 0.25) is 0 Å². The second kappa shape index (κ2) is 8.34. The molecule has 0 radical (unpaired) electrons. The summed E-state index contributed by atoms with van der Waals surface area (Å²) in [4.78, 5) is 4.34. The molecule has 1 aliphatic carbocycles. The van der Waals surface area contributed by atoms with Crippen molar-refractivity contribution in [3.8, 4) is 5.82 Å². The van der Waals surface area contributed by atoms with E-state index in [0.717, 1.165) is 30.2 Å². The monoisotopic (exact) mass is 323 g/mol. The van der Waals surface area contributed by atoms with Gasteiger partial charge >= 0.3 is 0 Å². The van der Waals surface area contributed by atoms with Crippen LogP contribution in [0.5, 0.6) is 0 Å². The van der Waals surface area contributed by atoms with Crippen LogP contribution < -0.4 is 10.6 Å². The summed E-state index contributed by atoms with van der Waals surface area (Å²) in [5, 5.41) is 10.9. The molecule has 1 aliphatic rings. The first kappa shape index (κ1) is 16.3. The Morgan fingerprint density at radius 1 is 1.25 bits per heavy atom. The zero-order chi connectivity index (χ0) is 16.6. The maximum atomic E-state index is 4.34. The van der Waals surface area contributed by atoms with Gasteiger partial charge in [-0.25, -0.2) is 9.67 Å². The molecular formula is C19H25N5. The molecule has 2 heterocycles. The summed E-state index contributed by atoms with van der Waals surface area (Å²) in [6, 6.07) is 5.92. The van der Waals surface area contributed by atoms with Gasteiger partial charge in [0.2, 0.25) is 0 Å². The van der Waals surface area contributed by atoms with Gasteiger partial charge in [0.25, 0.3) is 0 Å². The molecule has 126 valence electrons. The van der Waals surface area contributed by atoms with E-state index in [1.165, 1.54) is 25.7 Å². The molecule has 5 heteroatoms. The molecule has 0 amide bonds. The van der Waals surface area contributed by atoms with Gasteiger partial charge in [0.05, 0.1) is 5.82 Å². The molecular weight excluding hydrogens is 298 g/mol. The van der Waals surface area contributed by atoms with Gasteiger partial charge in [-0.3, -0.25) is 0 Å². The van der Waals surface area contributed by atoms with E-state index in [0.29, 0.717) is 6.54 Å². The second-order valence-electron chi connectivity index (χ2n) is 6.09. The Bertz CT molecular complexity index is 688. The van der Waals surface area contributed by atoms with Gasteiger partial charge in [0.1, 0.15) is 0 Å². The van der Waals surface area contributed by atoms with Crippen LogP contribution in [0.3, 0.4) is 0 Å². The predicted octanol–water partition coefficient (Wildman–Crippen LogP) is 3.31. The predicted molar refractivity (Wildman–Crippen MR) is 96.5 cm³/mol. The van der Waals surface area contributed by atoms with Crippen molar-refractivity contribution in [2.24, 2.45) is 0 Å². The van der Waals surface area contributed by atoms with E-state index in [4.69, 9.17) is 0 Å². The molecule has 0 fully saturated rings. The van der Waals surface area contributed by atoms with Crippen LogP contribution in [-0.4, -0.2) is 21.3 Å². The van der Waals surface area contributed by atoms with Crippen LogP contribution in [0.1, 0.15) is 37.7 Å². The quantitative estimate of drug-likeness (QED) is 0.732. The highest BCUT2D eigenvalue weighted by molar-refractivity contribution is 5.27. The topological polar surface area (TPSA) is 54.8 Å². The molecule has 2 aromatic heterocycles. The molecule has 0 saturated carbocycles. The Morgan fingerprint density at radius 2 is 2.21 bits per heavy atom. The normalized spacial score (nSPS) is 14.1. The Labute approximate surface area is 143 Å². The molecule has 2 aromatic rings. The van der Waals surface area contributed by atoms with Crippen molar-refractivity contribution < 1.29 is 0 Å². The van der Waals surface area contributed by atoms with Crippen LogP contribution in [0.4, 0.5) is 0 Å². The lowest BCUT2D eigenvalue weighted by molar-refractivity contribution is 0.638. The van der Waals surface area contributed by atoms with Crippen molar-refractivity contribution in [2.45, 2.75) is 38.6 Å². The van der Waals surface area contributed by atoms with E-state index in [9.17, 15) is 0 Å². The first-order chi connectivity index (χ1) is 11.8. The third-order valence-electron chi connectivity index (χ3n) is 4.22. The van der Waals surface area contributed by atoms with Gasteiger partial charge in [0, 0.05) is 31.7 Å². The molecule has 0 unspecified atom stereocenters. The van der Waals surface area contributed by atoms with E-state index in [1.807, 2.05) is 24.4 Å². The molecule has 2 N–H and O–H groups in total. The number of hydrogen-bond donors (Lipinski definition) is 2. The van der Waals surface area contributed by atoms with Crippen molar-refractivity contribution in [2.75, 3.05) is 6.54 Å². The smallest absolute Gasteiger partial charge is 0.153 e. The summed E-state index contributed by atoms with van der Waals surface area (Å²) >= 11 is 0. The van der Waals surface area contributed by atoms with E-state index < -0.39 is 0 Å². The molecule has 0 atom stereocenters. The van der Waals surface area contributed by atoms with E-state index >= 15 is 0 Å². The summed E-state index contributed by atoms with van der Waals surface area (Å²) in [5.74, 6) is 1.69. The zero-order valence-electron chi connectivity index (χ0n) is 14.0. The van der Waals surface area contributed by atoms with Crippen LogP contribution in [0, 0.1) is 0 Å². The number of hydrogen-bond acceptors (Lipinski definition) is 4. The fourth-order valence-corrected chi connectivity index (χ4v) is 2.88. The Kier molecular flexibility index (Phi) is 5.66. The lowest BCUT2D eigenvalue weighted by Gasteiger charge is -2.15. The van der Waals surface area contributed by atoms with Crippen molar-refractivity contribution in [3.63, 3.8) is 0 Å². The molecule has 3 rings (SSSR count). The highest BCUT2D eigenvalue weighted by Crippen LogP contribution is 2.19. The average Bonchev–Trinajstić information content (AvgIpc) is 3.16. The number of nitrogens with one attached hydrogen (secondary N) is 2. The van der Waals surface area contributed by atoms with Crippen molar-refractivity contribution in [3.05, 3.63) is 66.4 Å². The third-order valence-corrected chi connectivity index (χ3v) is 4.22. The van der Waals surface area contributed by atoms with Gasteiger partial charge < -0.3 is 10.6 Å². The van der Waals surface area contributed by atoms with Crippen LogP contribution >= 0.6 is 0 Å². The number of nitrogens with zero attached hydrogens (tertiary/aromatic N) is 3. The zero-order valence-corrected chi connectivity index (χ0v) is 14.0. The fraction of sp³-hybridized carbons (Fsp3) is 0.368. The Balaban J connectivity index is 1.43. The summed E-state index contributed by atoms with van der Waals surface area (Å²) in [6.45, 7) is 5.70. The van der Waals surface area contributed by atoms with Crippen molar-refractivity contribution >= 4 is 0 Å². The number of aromatic nitrogens is 3. The minimum absolute atomic E-state index is 0.714. The number of rotatable bonds is 8. The first-order valence-corrected chi connectivity index (χ1v) is 8.61. The van der Waals surface area contributed by atoms with Crippen molar-refractivity contribution in [1.29, 1.82) is 0 Å². The van der Waals surface area contributed by atoms with Gasteiger partial charge in [-0.2, -0.15) is 5.10 Å². The van der Waals surface area contributed by atoms with E-state index in [1.54, 1.807) is 22.6 Å². The lowest BCUT2D eigenvalue weighted by Crippen LogP contribution is -2.26. The molecule has 24 heavy (non-hydrogen) atoms. The summed E-state index contributed by atoms with van der Waals surface area (Å²) in [6.07, 6.45) is 14.1. The second-order valence-corrected chi connectivity index (χ2v) is 6.09. The standard InChI is InChI=1S/C19H25N5/c1-16(20-11-8-17-6-3-2-4-7-17)22-15-18-9-12-21-19(14-18)24-13-5-10-23-24/h5-6,9-10,12-14,20,22H,1-4,7-8,11,15H2. The summed E-state index contributed by atoms with van der Waals surface area (Å²) in [7, 11) is 0. The number of allylic oxidation sites excluding steroid dienone is 1. The maximum absolute atomic E-state index is 4.34. The van der Waals surface area contributed by atoms with Crippen molar-refractivity contribution in [1.82, 2.24) is 25.4 Å². The van der Waals surface area contributed by atoms with E-state index in [2.05, 4.69) is 33.4 Å². The molecule has 0 aromatic carbocycles. The molecule has 0 spiro atoms. The minimum atomic E-state index is 0.714. The molecule has 0 bridgehead atoms. The lowest BCUT2D eigenvalue weighted by atomic mass is 9.97. The molecule has 5 nitrogen and oxygen atoms in total. The van der Waals surface area contributed by atoms with Gasteiger partial charge in [-0.15, -0.1) is 0 Å². The van der Waals surface area contributed by atoms with E-state index in [-0.39, 0.29) is 0 Å². The van der Waals surface area contributed by atoms with Gasteiger partial charge in [0.15, 0.2) is 5.82 Å². The van der Waals surface area contributed by atoms with Crippen LogP contribution in [0.15, 0.2) is 60.8 Å². The fourth-order valence-electron chi connectivity index (χ4n) is 2.88. The average molecular weight is 323 g/mol. The summed E-state index contributed by atoms with van der Waals surface area (Å²) in [5.41, 5.74) is 2.73. The Hall–Kier alpha value is -2.56. The Morgan fingerprint density at radius 3 is 3.00 bits per heavy atom. The van der Waals surface area contributed by atoms with Gasteiger partial charge in [-0.05, 0) is 55.9 Å². The third kappa shape index (κ3) is 4.72. The number of pyridine rings is 1. The SMILES string of the molecule is C=C(NCCC1=CCCCC1)NCc1ccnc(-n2cccn2)c1. The van der Waals surface area contributed by atoms with Gasteiger partial charge in [-0.1, -0.05) is 18.2 Å². The highest BCUT2D eigenvalue weighted by atomic mass is 15.3. The minimum Gasteiger partial charge on any atom is -0.372 e. The largest absolute Gasteiger partial charge is 0.372 e. The highest BCUT2D eigenvalue weighted by Gasteiger charge is 2.04. The summed E-state index contributed by atoms with van der Waals surface area (Å²) < 4.78 is 1.76. The van der Waals surface area contributed by atoms with Crippen LogP contribution in [-0.2, 0) is 6.54 Å². The van der Waals surface area contributed by atoms with Crippen LogP contribution in [0.25, 0.3) is 5.82 Å². The first-order valence-electron chi connectivity index (χ1n) is 8.61. The maximum Gasteiger partial charge on any atom is 0.153 e. The molecule has 0 saturated heterocycles. The molecule has 0 aliphatic heterocycles.